The van der Waals surface area contributed by atoms with Gasteiger partial charge in [-0.3, -0.25) is 0 Å². The normalized spacial score (nSPS) is 23.8. The zero-order valence-corrected chi connectivity index (χ0v) is 36.1. The Balaban J connectivity index is 1.95. The van der Waals surface area contributed by atoms with Crippen molar-refractivity contribution in [3.63, 3.8) is 0 Å². The molecule has 3 aliphatic rings. The van der Waals surface area contributed by atoms with Gasteiger partial charge in [-0.2, -0.15) is 0 Å². The van der Waals surface area contributed by atoms with Crippen LogP contribution in [0, 0.1) is 11.8 Å². The lowest BCUT2D eigenvalue weighted by Gasteiger charge is -2.45. The molecule has 0 amide bonds. The first-order valence-corrected chi connectivity index (χ1v) is 20.9. The van der Waals surface area contributed by atoms with Crippen LogP contribution in [-0.4, -0.2) is 28.1 Å². The van der Waals surface area contributed by atoms with Crippen molar-refractivity contribution in [2.45, 2.75) is 49.9 Å². The minimum absolute atomic E-state index is 0.0822. The largest absolute Gasteiger partial charge is 0.378 e. The average molecular weight is 1030 g/mol. The van der Waals surface area contributed by atoms with E-state index >= 15 is 0 Å². The van der Waals surface area contributed by atoms with Crippen LogP contribution >= 0.6 is 128 Å². The molecule has 12 heteroatoms. The molecule has 2 aliphatic carbocycles. The molecule has 2 nitrogen and oxygen atoms in total. The second-order valence-electron chi connectivity index (χ2n) is 11.7. The van der Waals surface area contributed by atoms with E-state index in [1.54, 1.807) is 0 Å². The van der Waals surface area contributed by atoms with E-state index in [1.165, 1.54) is 5.57 Å². The highest BCUT2D eigenvalue weighted by atomic mass is 127. The van der Waals surface area contributed by atoms with Crippen molar-refractivity contribution in [1.29, 1.82) is 0 Å². The molecule has 0 fully saturated rings. The van der Waals surface area contributed by atoms with Crippen molar-refractivity contribution >= 4 is 148 Å². The van der Waals surface area contributed by atoms with E-state index in [0.717, 1.165) is 62.0 Å². The monoisotopic (exact) mass is 1030 g/mol. The van der Waals surface area contributed by atoms with Crippen molar-refractivity contribution < 1.29 is 0 Å². The minimum atomic E-state index is -0.418. The van der Waals surface area contributed by atoms with E-state index in [-0.39, 0.29) is 47.8 Å². The highest BCUT2D eigenvalue weighted by molar-refractivity contribution is 14.1. The Kier molecular flexibility index (Phi) is 13.3. The van der Waals surface area contributed by atoms with Crippen molar-refractivity contribution in [3.8, 4) is 0 Å². The number of hydrogen-bond acceptors (Lipinski definition) is 1. The Hall–Kier alpha value is 0.165. The summed E-state index contributed by atoms with van der Waals surface area (Å²) < 4.78 is 2.36. The Morgan fingerprint density at radius 1 is 1.11 bits per heavy atom. The number of rotatable bonds is 8. The SMILES string of the molecule is [B]C(/C(Br)=C(/Br)C(Br)CC)=C(/CI)[C@H]1C2=C(NC(/C=C\C=C)CC2C)c2c([nH]c3c2C=CC=CC3)C1c1c(Cl)c(Cl)c(Cl)c(Cl)c1Cl. The molecule has 2 N–H and O–H groups in total. The van der Waals surface area contributed by atoms with Crippen molar-refractivity contribution in [1.82, 2.24) is 10.3 Å². The number of nitrogens with one attached hydrogen (secondary N) is 2. The van der Waals surface area contributed by atoms with Gasteiger partial charge in [0, 0.05) is 76.3 Å². The summed E-state index contributed by atoms with van der Waals surface area (Å²) in [5, 5.41) is 4.92. The number of fused-ring (bicyclic) bond motifs is 4. The first-order valence-electron chi connectivity index (χ1n) is 15.0. The van der Waals surface area contributed by atoms with Gasteiger partial charge < -0.3 is 10.3 Å². The molecule has 47 heavy (non-hydrogen) atoms. The molecule has 1 aromatic carbocycles. The van der Waals surface area contributed by atoms with Gasteiger partial charge in [-0.25, -0.2) is 0 Å². The van der Waals surface area contributed by atoms with E-state index in [1.807, 2.05) is 12.2 Å². The third-order valence-electron chi connectivity index (χ3n) is 8.95. The number of halogens is 9. The Morgan fingerprint density at radius 2 is 1.77 bits per heavy atom. The smallest absolute Gasteiger partial charge is 0.115 e. The maximum Gasteiger partial charge on any atom is 0.115 e. The molecule has 0 saturated heterocycles. The van der Waals surface area contributed by atoms with Crippen LogP contribution in [0.2, 0.25) is 25.1 Å². The molecule has 0 spiro atoms. The number of benzene rings is 1. The van der Waals surface area contributed by atoms with Crippen molar-refractivity contribution in [3.05, 3.63) is 122 Å². The third kappa shape index (κ3) is 7.16. The number of aromatic amines is 1. The average Bonchev–Trinajstić information content (AvgIpc) is 3.27. The van der Waals surface area contributed by atoms with Gasteiger partial charge in [0.2, 0.25) is 0 Å². The quantitative estimate of drug-likeness (QED) is 0.0677. The van der Waals surface area contributed by atoms with E-state index in [9.17, 15) is 0 Å². The molecule has 5 atom stereocenters. The molecule has 1 aromatic heterocycles. The predicted molar refractivity (Wildman–Crippen MR) is 226 cm³/mol. The number of allylic oxidation sites excluding steroid dienone is 10. The van der Waals surface area contributed by atoms with E-state index in [0.29, 0.717) is 15.5 Å². The van der Waals surface area contributed by atoms with Crippen molar-refractivity contribution in [2.24, 2.45) is 11.8 Å². The highest BCUT2D eigenvalue weighted by Gasteiger charge is 2.47. The van der Waals surface area contributed by atoms with Crippen LogP contribution < -0.4 is 5.32 Å². The van der Waals surface area contributed by atoms with Crippen LogP contribution in [0.3, 0.4) is 0 Å². The molecular formula is C35H30BBr3Cl5IN2. The third-order valence-corrected chi connectivity index (χ3v) is 16.1. The predicted octanol–water partition coefficient (Wildman–Crippen LogP) is 13.7. The van der Waals surface area contributed by atoms with Gasteiger partial charge in [0.25, 0.3) is 0 Å². The summed E-state index contributed by atoms with van der Waals surface area (Å²) in [6, 6.07) is 0.0979. The summed E-state index contributed by atoms with van der Waals surface area (Å²) in [6.45, 7) is 8.29. The molecule has 2 aromatic rings. The van der Waals surface area contributed by atoms with Gasteiger partial charge in [-0.05, 0) is 24.3 Å². The second-order valence-corrected chi connectivity index (χ2v) is 17.1. The minimum Gasteiger partial charge on any atom is -0.378 e. The second kappa shape index (κ2) is 16.2. The maximum atomic E-state index is 7.18. The Bertz CT molecular complexity index is 1780. The Morgan fingerprint density at radius 3 is 2.38 bits per heavy atom. The molecule has 1 aliphatic heterocycles. The summed E-state index contributed by atoms with van der Waals surface area (Å²) in [4.78, 5) is 3.91. The first kappa shape index (κ1) is 38.4. The van der Waals surface area contributed by atoms with E-state index in [4.69, 9.17) is 65.9 Å². The Labute approximate surface area is 342 Å². The lowest BCUT2D eigenvalue weighted by atomic mass is 9.63. The van der Waals surface area contributed by atoms with Gasteiger partial charge in [0.1, 0.15) is 7.85 Å². The summed E-state index contributed by atoms with van der Waals surface area (Å²) in [6.07, 6.45) is 16.9. The van der Waals surface area contributed by atoms with Crippen molar-refractivity contribution in [2.75, 3.05) is 4.43 Å². The molecule has 0 bridgehead atoms. The first-order chi connectivity index (χ1) is 22.4. The number of aromatic nitrogens is 1. The zero-order chi connectivity index (χ0) is 34.3. The fraction of sp³-hybridized carbons (Fsp3) is 0.314. The van der Waals surface area contributed by atoms with Crippen LogP contribution in [-0.2, 0) is 6.42 Å². The van der Waals surface area contributed by atoms with Gasteiger partial charge in [-0.1, -0.05) is 202 Å². The summed E-state index contributed by atoms with van der Waals surface area (Å²) in [5.41, 5.74) is 8.86. The summed E-state index contributed by atoms with van der Waals surface area (Å²) in [5.74, 6) is -0.537. The van der Waals surface area contributed by atoms with Gasteiger partial charge in [-0.15, -0.1) is 0 Å². The van der Waals surface area contributed by atoms with Crippen LogP contribution in [0.1, 0.15) is 60.7 Å². The summed E-state index contributed by atoms with van der Waals surface area (Å²) in [7, 11) is 7.18. The van der Waals surface area contributed by atoms with Gasteiger partial charge in [0.15, 0.2) is 0 Å². The lowest BCUT2D eigenvalue weighted by molar-refractivity contribution is 0.434. The topological polar surface area (TPSA) is 27.8 Å². The van der Waals surface area contributed by atoms with Gasteiger partial charge in [0.05, 0.1) is 25.1 Å². The molecule has 5 rings (SSSR count). The van der Waals surface area contributed by atoms with Crippen LogP contribution in [0.15, 0.2) is 68.6 Å². The highest BCUT2D eigenvalue weighted by Crippen LogP contribution is 2.59. The molecule has 2 radical (unpaired) electrons. The maximum absolute atomic E-state index is 7.18. The van der Waals surface area contributed by atoms with Gasteiger partial charge >= 0.3 is 0 Å². The number of hydrogen-bond donors (Lipinski definition) is 2. The number of H-pyrrole nitrogens is 1. The fourth-order valence-electron chi connectivity index (χ4n) is 6.80. The number of alkyl halides is 2. The zero-order valence-electron chi connectivity index (χ0n) is 25.4. The molecule has 4 unspecified atom stereocenters. The van der Waals surface area contributed by atoms with Crippen LogP contribution in [0.5, 0.6) is 0 Å². The molecule has 0 saturated carbocycles. The summed E-state index contributed by atoms with van der Waals surface area (Å²) >= 11 is 48.3. The van der Waals surface area contributed by atoms with E-state index in [2.05, 4.69) is 131 Å². The van der Waals surface area contributed by atoms with Crippen LogP contribution in [0.25, 0.3) is 11.8 Å². The molecule has 246 valence electrons. The van der Waals surface area contributed by atoms with Crippen LogP contribution in [0.4, 0.5) is 0 Å². The van der Waals surface area contributed by atoms with E-state index < -0.39 is 5.92 Å². The molecular weight excluding hydrogens is 1000 g/mol. The standard InChI is InChI=1S/C35H30BBr3Cl5IN2/c1-4-6-10-16-13-15(3)21-22(18(14-45)26(36)28(39)27(38)19(37)5-2)24(25-29(40)31(42)33(44)32(43)30(25)41)35-23(34(21)46-16)17-11-8-7-9-12-20(17)47-35/h4,6-11,15-16,19,22,24,46-47H,1,5,12-14H2,2-3H3/b10-6-,26-18-,28-27-/t15?,16?,19?,22-,24?/m0/s1. The molecule has 2 heterocycles. The fourth-order valence-corrected chi connectivity index (χ4v) is 10.7. The lowest BCUT2D eigenvalue weighted by Crippen LogP contribution is -2.41.